The summed E-state index contributed by atoms with van der Waals surface area (Å²) in [5.41, 5.74) is -0.785. The van der Waals surface area contributed by atoms with Crippen molar-refractivity contribution in [3.8, 4) is 11.9 Å². The molecule has 4 N–H and O–H groups in total. The van der Waals surface area contributed by atoms with E-state index in [0.717, 1.165) is 25.7 Å². The summed E-state index contributed by atoms with van der Waals surface area (Å²) >= 11 is 0. The largest absolute Gasteiger partial charge is 0.390 e. The van der Waals surface area contributed by atoms with Gasteiger partial charge in [0.25, 0.3) is 5.91 Å². The van der Waals surface area contributed by atoms with Crippen LogP contribution in [-0.2, 0) is 0 Å². The molecule has 0 spiro atoms. The maximum atomic E-state index is 14.3. The molecule has 3 atom stereocenters. The molecule has 1 aliphatic carbocycles. The molecule has 0 bridgehead atoms. The van der Waals surface area contributed by atoms with Crippen molar-refractivity contribution in [3.63, 3.8) is 0 Å². The fourth-order valence-corrected chi connectivity index (χ4v) is 4.72. The second kappa shape index (κ2) is 10.6. The molecule has 202 valence electrons. The van der Waals surface area contributed by atoms with Crippen molar-refractivity contribution in [2.45, 2.75) is 76.8 Å². The van der Waals surface area contributed by atoms with Gasteiger partial charge < -0.3 is 20.8 Å². The van der Waals surface area contributed by atoms with Gasteiger partial charge in [-0.1, -0.05) is 6.42 Å². The Hall–Kier alpha value is -3.62. The Morgan fingerprint density at radius 2 is 1.97 bits per heavy atom. The van der Waals surface area contributed by atoms with E-state index in [-0.39, 0.29) is 24.1 Å². The lowest BCUT2D eigenvalue weighted by Crippen LogP contribution is -2.42. The number of halogens is 1. The number of rotatable bonds is 8. The van der Waals surface area contributed by atoms with E-state index in [1.807, 2.05) is 13.8 Å². The number of fused-ring (bicyclic) bond motifs is 1. The number of nitrogens with one attached hydrogen (secondary N) is 2. The number of amides is 1. The molecule has 10 nitrogen and oxygen atoms in total. The summed E-state index contributed by atoms with van der Waals surface area (Å²) in [6.07, 6.45) is 6.22. The van der Waals surface area contributed by atoms with Crippen LogP contribution in [0.25, 0.3) is 16.9 Å². The maximum Gasteiger partial charge on any atom is 0.255 e. The van der Waals surface area contributed by atoms with Crippen molar-refractivity contribution in [2.24, 2.45) is 5.92 Å². The van der Waals surface area contributed by atoms with Crippen molar-refractivity contribution < 1.29 is 19.4 Å². The Morgan fingerprint density at radius 1 is 1.21 bits per heavy atom. The molecule has 0 aromatic carbocycles. The van der Waals surface area contributed by atoms with Crippen molar-refractivity contribution in [2.75, 3.05) is 11.9 Å². The minimum atomic E-state index is -1.65. The Morgan fingerprint density at radius 3 is 2.66 bits per heavy atom. The van der Waals surface area contributed by atoms with Crippen LogP contribution in [0.5, 0.6) is 0 Å². The third-order valence-corrected chi connectivity index (χ3v) is 7.13. The first-order valence-corrected chi connectivity index (χ1v) is 12.7. The van der Waals surface area contributed by atoms with Crippen LogP contribution in [0.2, 0.25) is 0 Å². The van der Waals surface area contributed by atoms with E-state index in [1.165, 1.54) is 30.9 Å². The van der Waals surface area contributed by atoms with E-state index in [9.17, 15) is 19.4 Å². The van der Waals surface area contributed by atoms with Crippen LogP contribution in [0.4, 0.5) is 10.1 Å². The van der Waals surface area contributed by atoms with Crippen molar-refractivity contribution in [1.82, 2.24) is 25.1 Å². The Kier molecular flexibility index (Phi) is 7.67. The highest BCUT2D eigenvalue weighted by Crippen LogP contribution is 2.34. The fourth-order valence-electron chi connectivity index (χ4n) is 4.72. The molecular formula is C27H34FN7O3. The standard InChI is InChI=1S/C27H34FN7O3/c1-26(2,37)18-6-5-7-19(9-18)34-21-10-23(35-24-17(13-33-35)8-16(11-29)12-31-24)30-14-20(21)25(36)32-15-22(28)27(3,4)38/h8,10,12-14,18-19,22,37-38H,5-7,9,15H2,1-4H3,(H,30,34)(H,32,36)/t18-,19+,22+/m0/s1. The molecule has 0 aliphatic heterocycles. The first-order valence-electron chi connectivity index (χ1n) is 12.7. The summed E-state index contributed by atoms with van der Waals surface area (Å²) in [5, 5.41) is 40.7. The lowest BCUT2D eigenvalue weighted by Gasteiger charge is -2.37. The molecule has 4 rings (SSSR count). The molecular weight excluding hydrogens is 489 g/mol. The molecule has 3 aromatic rings. The minimum Gasteiger partial charge on any atom is -0.390 e. The molecule has 0 unspecified atom stereocenters. The van der Waals surface area contributed by atoms with Gasteiger partial charge in [0.05, 0.1) is 40.8 Å². The predicted molar refractivity (Wildman–Crippen MR) is 141 cm³/mol. The van der Waals surface area contributed by atoms with Gasteiger partial charge in [-0.3, -0.25) is 4.79 Å². The number of alkyl halides is 1. The van der Waals surface area contributed by atoms with Gasteiger partial charge in [-0.25, -0.2) is 14.4 Å². The zero-order valence-corrected chi connectivity index (χ0v) is 22.1. The van der Waals surface area contributed by atoms with Crippen molar-refractivity contribution in [1.29, 1.82) is 5.26 Å². The van der Waals surface area contributed by atoms with Crippen LogP contribution >= 0.6 is 0 Å². The van der Waals surface area contributed by atoms with Gasteiger partial charge in [0, 0.05) is 29.9 Å². The lowest BCUT2D eigenvalue weighted by molar-refractivity contribution is -0.00202. The molecule has 3 aromatic heterocycles. The molecule has 3 heterocycles. The monoisotopic (exact) mass is 523 g/mol. The first-order chi connectivity index (χ1) is 17.9. The smallest absolute Gasteiger partial charge is 0.255 e. The summed E-state index contributed by atoms with van der Waals surface area (Å²) < 4.78 is 15.8. The highest BCUT2D eigenvalue weighted by molar-refractivity contribution is 5.99. The number of anilines is 1. The second-order valence-corrected chi connectivity index (χ2v) is 11.1. The average Bonchev–Trinajstić information content (AvgIpc) is 3.29. The van der Waals surface area contributed by atoms with E-state index in [2.05, 4.69) is 31.8 Å². The van der Waals surface area contributed by atoms with Gasteiger partial charge >= 0.3 is 0 Å². The SMILES string of the molecule is CC(C)(O)[C@H]1CCC[C@@H](Nc2cc(-n3ncc4cc(C#N)cnc43)ncc2C(=O)NC[C@@H](F)C(C)(C)O)C1. The number of carbonyl (C=O) groups is 1. The molecule has 1 saturated carbocycles. The van der Waals surface area contributed by atoms with Gasteiger partial charge in [-0.2, -0.15) is 15.0 Å². The number of hydrogen-bond donors (Lipinski definition) is 4. The quantitative estimate of drug-likeness (QED) is 0.352. The zero-order valence-electron chi connectivity index (χ0n) is 22.1. The number of hydrogen-bond acceptors (Lipinski definition) is 8. The van der Waals surface area contributed by atoms with E-state index >= 15 is 0 Å². The highest BCUT2D eigenvalue weighted by atomic mass is 19.1. The second-order valence-electron chi connectivity index (χ2n) is 11.1. The number of aromatic nitrogens is 4. The highest BCUT2D eigenvalue weighted by Gasteiger charge is 2.33. The number of nitrogens with zero attached hydrogens (tertiary/aromatic N) is 5. The van der Waals surface area contributed by atoms with Gasteiger partial charge in [-0.15, -0.1) is 0 Å². The topological polar surface area (TPSA) is 149 Å². The third kappa shape index (κ3) is 6.09. The van der Waals surface area contributed by atoms with Crippen LogP contribution in [0.3, 0.4) is 0 Å². The van der Waals surface area contributed by atoms with Gasteiger partial charge in [0.2, 0.25) is 0 Å². The fraction of sp³-hybridized carbons (Fsp3) is 0.519. The molecule has 1 fully saturated rings. The number of nitriles is 1. The molecule has 0 saturated heterocycles. The van der Waals surface area contributed by atoms with Gasteiger partial charge in [0.1, 0.15) is 12.2 Å². The first kappa shape index (κ1) is 27.4. The summed E-state index contributed by atoms with van der Waals surface area (Å²) in [6.45, 7) is 5.96. The van der Waals surface area contributed by atoms with Gasteiger partial charge in [0.15, 0.2) is 11.5 Å². The predicted octanol–water partition coefficient (Wildman–Crippen LogP) is 3.27. The normalized spacial score (nSPS) is 19.1. The molecule has 38 heavy (non-hydrogen) atoms. The number of carbonyl (C=O) groups excluding carboxylic acids is 1. The van der Waals surface area contributed by atoms with Gasteiger partial charge in [-0.05, 0) is 58.9 Å². The Bertz CT molecular complexity index is 1350. The maximum absolute atomic E-state index is 14.3. The van der Waals surface area contributed by atoms with E-state index < -0.39 is 23.3 Å². The summed E-state index contributed by atoms with van der Waals surface area (Å²) in [7, 11) is 0. The van der Waals surface area contributed by atoms with Crippen LogP contribution < -0.4 is 10.6 Å². The number of aliphatic hydroxyl groups is 2. The zero-order chi connectivity index (χ0) is 27.7. The van der Waals surface area contributed by atoms with Crippen LogP contribution in [0, 0.1) is 17.2 Å². The minimum absolute atomic E-state index is 0.00190. The van der Waals surface area contributed by atoms with Crippen molar-refractivity contribution in [3.05, 3.63) is 41.9 Å². The Labute approximate surface area is 220 Å². The van der Waals surface area contributed by atoms with E-state index in [1.54, 1.807) is 18.3 Å². The molecule has 1 aliphatic rings. The van der Waals surface area contributed by atoms with E-state index in [0.29, 0.717) is 28.1 Å². The van der Waals surface area contributed by atoms with E-state index in [4.69, 9.17) is 5.26 Å². The molecule has 11 heteroatoms. The summed E-state index contributed by atoms with van der Waals surface area (Å²) in [4.78, 5) is 21.9. The molecule has 0 radical (unpaired) electrons. The number of pyridine rings is 2. The Balaban J connectivity index is 1.67. The molecule has 1 amide bonds. The average molecular weight is 524 g/mol. The van der Waals surface area contributed by atoms with Crippen LogP contribution in [0.1, 0.15) is 69.3 Å². The van der Waals surface area contributed by atoms with Crippen LogP contribution in [0.15, 0.2) is 30.7 Å². The summed E-state index contributed by atoms with van der Waals surface area (Å²) in [5.74, 6) is -0.0265. The van der Waals surface area contributed by atoms with Crippen LogP contribution in [-0.4, -0.2) is 65.8 Å². The van der Waals surface area contributed by atoms with Crippen molar-refractivity contribution >= 4 is 22.6 Å². The third-order valence-electron chi connectivity index (χ3n) is 7.13. The summed E-state index contributed by atoms with van der Waals surface area (Å²) in [6, 6.07) is 5.43. The lowest BCUT2D eigenvalue weighted by atomic mass is 9.76.